The first-order valence-corrected chi connectivity index (χ1v) is 6.43. The lowest BCUT2D eigenvalue weighted by atomic mass is 9.97. The zero-order valence-corrected chi connectivity index (χ0v) is 11.2. The number of pyridine rings is 1. The summed E-state index contributed by atoms with van der Waals surface area (Å²) in [6.07, 6.45) is -9.05. The molecule has 0 bridgehead atoms. The molecule has 2 rings (SSSR count). The number of aromatic nitrogens is 1. The van der Waals surface area contributed by atoms with Crippen molar-refractivity contribution >= 4 is 5.82 Å². The van der Waals surface area contributed by atoms with Crippen molar-refractivity contribution in [3.63, 3.8) is 0 Å². The van der Waals surface area contributed by atoms with E-state index in [0.717, 1.165) is 11.0 Å². The van der Waals surface area contributed by atoms with Crippen molar-refractivity contribution in [2.24, 2.45) is 5.92 Å². The number of hydrogen-bond acceptors (Lipinski definition) is 3. The Bertz CT molecular complexity index is 587. The van der Waals surface area contributed by atoms with Crippen LogP contribution in [0.5, 0.6) is 0 Å². The molecular weight excluding hydrogens is 312 g/mol. The second kappa shape index (κ2) is 5.66. The highest BCUT2D eigenvalue weighted by molar-refractivity contribution is 5.55. The molecule has 1 aromatic heterocycles. The van der Waals surface area contributed by atoms with Crippen molar-refractivity contribution in [2.75, 3.05) is 18.0 Å². The van der Waals surface area contributed by atoms with Crippen LogP contribution in [0.2, 0.25) is 0 Å². The van der Waals surface area contributed by atoms with Crippen molar-refractivity contribution in [1.29, 1.82) is 5.26 Å². The van der Waals surface area contributed by atoms with Gasteiger partial charge in [-0.15, -0.1) is 0 Å². The minimum Gasteiger partial charge on any atom is -0.355 e. The molecule has 0 unspecified atom stereocenters. The zero-order chi connectivity index (χ0) is 16.5. The molecule has 1 saturated heterocycles. The van der Waals surface area contributed by atoms with Gasteiger partial charge in [0.05, 0.1) is 11.5 Å². The molecule has 120 valence electrons. The Kier molecular flexibility index (Phi) is 4.22. The van der Waals surface area contributed by atoms with Gasteiger partial charge in [0.15, 0.2) is 0 Å². The van der Waals surface area contributed by atoms with Crippen LogP contribution < -0.4 is 4.90 Å². The summed E-state index contributed by atoms with van der Waals surface area (Å²) in [5.74, 6) is -1.98. The first-order valence-electron chi connectivity index (χ1n) is 6.43. The molecule has 1 fully saturated rings. The van der Waals surface area contributed by atoms with Crippen LogP contribution in [0.15, 0.2) is 12.1 Å². The minimum absolute atomic E-state index is 0.0825. The average Bonchev–Trinajstić information content (AvgIpc) is 2.45. The number of nitrogens with zero attached hydrogens (tertiary/aromatic N) is 3. The molecule has 2 heterocycles. The van der Waals surface area contributed by atoms with Gasteiger partial charge < -0.3 is 4.90 Å². The molecule has 0 aromatic carbocycles. The van der Waals surface area contributed by atoms with Crippen molar-refractivity contribution in [2.45, 2.75) is 25.2 Å². The number of hydrogen-bond donors (Lipinski definition) is 0. The van der Waals surface area contributed by atoms with Gasteiger partial charge in [-0.25, -0.2) is 4.98 Å². The van der Waals surface area contributed by atoms with Gasteiger partial charge in [0.25, 0.3) is 0 Å². The Hall–Kier alpha value is -1.98. The van der Waals surface area contributed by atoms with E-state index in [0.29, 0.717) is 6.07 Å². The molecule has 0 aliphatic carbocycles. The van der Waals surface area contributed by atoms with Crippen molar-refractivity contribution in [3.8, 4) is 6.07 Å². The molecule has 22 heavy (non-hydrogen) atoms. The number of rotatable bonds is 1. The SMILES string of the molecule is N#Cc1ccc(C(F)(F)F)nc1N1CCC[C@@H](C(F)(F)F)C1. The van der Waals surface area contributed by atoms with Crippen LogP contribution in [0.4, 0.5) is 32.2 Å². The highest BCUT2D eigenvalue weighted by atomic mass is 19.4. The van der Waals surface area contributed by atoms with Crippen molar-refractivity contribution < 1.29 is 26.3 Å². The van der Waals surface area contributed by atoms with E-state index in [9.17, 15) is 26.3 Å². The lowest BCUT2D eigenvalue weighted by molar-refractivity contribution is -0.176. The van der Waals surface area contributed by atoms with Crippen molar-refractivity contribution in [3.05, 3.63) is 23.4 Å². The van der Waals surface area contributed by atoms with Gasteiger partial charge in [-0.1, -0.05) is 0 Å². The van der Waals surface area contributed by atoms with Crippen LogP contribution >= 0.6 is 0 Å². The Morgan fingerprint density at radius 2 is 1.86 bits per heavy atom. The number of halogens is 6. The maximum atomic E-state index is 12.8. The van der Waals surface area contributed by atoms with Crippen LogP contribution in [0.1, 0.15) is 24.1 Å². The minimum atomic E-state index is -4.72. The van der Waals surface area contributed by atoms with Crippen LogP contribution in [-0.4, -0.2) is 24.2 Å². The van der Waals surface area contributed by atoms with E-state index in [4.69, 9.17) is 5.26 Å². The van der Waals surface area contributed by atoms with Gasteiger partial charge in [0.2, 0.25) is 0 Å². The zero-order valence-electron chi connectivity index (χ0n) is 11.2. The Balaban J connectivity index is 2.36. The van der Waals surface area contributed by atoms with Gasteiger partial charge in [-0.05, 0) is 25.0 Å². The van der Waals surface area contributed by atoms with Crippen LogP contribution in [0.25, 0.3) is 0 Å². The molecule has 1 atom stereocenters. The number of nitriles is 1. The fraction of sp³-hybridized carbons (Fsp3) is 0.538. The van der Waals surface area contributed by atoms with E-state index < -0.39 is 30.5 Å². The van der Waals surface area contributed by atoms with Gasteiger partial charge in [0, 0.05) is 13.1 Å². The van der Waals surface area contributed by atoms with Gasteiger partial charge in [-0.3, -0.25) is 0 Å². The van der Waals surface area contributed by atoms with Gasteiger partial charge in [-0.2, -0.15) is 31.6 Å². The summed E-state index contributed by atoms with van der Waals surface area (Å²) < 4.78 is 76.4. The summed E-state index contributed by atoms with van der Waals surface area (Å²) in [6.45, 7) is -0.359. The first kappa shape index (κ1) is 16.4. The standard InChI is InChI=1S/C13H11F6N3/c14-12(15,16)9-2-1-5-22(7-9)11-8(6-20)3-4-10(21-11)13(17,18)19/h3-4,9H,1-2,5,7H2/t9-/m1/s1. The molecule has 3 nitrogen and oxygen atoms in total. The van der Waals surface area contributed by atoms with E-state index in [-0.39, 0.29) is 30.8 Å². The molecule has 0 amide bonds. The second-order valence-electron chi connectivity index (χ2n) is 5.00. The molecule has 9 heteroatoms. The molecule has 0 spiro atoms. The monoisotopic (exact) mass is 323 g/mol. The average molecular weight is 323 g/mol. The summed E-state index contributed by atoms with van der Waals surface area (Å²) in [4.78, 5) is 4.47. The van der Waals surface area contributed by atoms with Crippen LogP contribution in [0.3, 0.4) is 0 Å². The highest BCUT2D eigenvalue weighted by Gasteiger charge is 2.42. The molecular formula is C13H11F6N3. The number of anilines is 1. The number of piperidine rings is 1. The third-order valence-electron chi connectivity index (χ3n) is 3.47. The predicted octanol–water partition coefficient (Wildman–Crippen LogP) is 3.75. The normalized spacial score (nSPS) is 19.9. The summed E-state index contributed by atoms with van der Waals surface area (Å²) >= 11 is 0. The van der Waals surface area contributed by atoms with Gasteiger partial charge in [0.1, 0.15) is 17.6 Å². The van der Waals surface area contributed by atoms with E-state index in [1.54, 1.807) is 6.07 Å². The fourth-order valence-electron chi connectivity index (χ4n) is 2.37. The molecule has 1 aromatic rings. The van der Waals surface area contributed by atoms with Crippen LogP contribution in [0, 0.1) is 17.2 Å². The van der Waals surface area contributed by atoms with E-state index in [1.165, 1.54) is 0 Å². The van der Waals surface area contributed by atoms with Crippen molar-refractivity contribution in [1.82, 2.24) is 4.98 Å². The number of alkyl halides is 6. The topological polar surface area (TPSA) is 39.9 Å². The summed E-state index contributed by atoms with van der Waals surface area (Å²) in [5, 5.41) is 8.95. The molecule has 0 N–H and O–H groups in total. The molecule has 0 radical (unpaired) electrons. The summed E-state index contributed by atoms with van der Waals surface area (Å²) in [5.41, 5.74) is -1.40. The van der Waals surface area contributed by atoms with E-state index >= 15 is 0 Å². The lowest BCUT2D eigenvalue weighted by Crippen LogP contribution is -2.42. The fourth-order valence-corrected chi connectivity index (χ4v) is 2.37. The third kappa shape index (κ3) is 3.43. The maximum Gasteiger partial charge on any atom is 0.433 e. The predicted molar refractivity (Wildman–Crippen MR) is 64.9 cm³/mol. The quantitative estimate of drug-likeness (QED) is 0.739. The Labute approximate surface area is 122 Å². The highest BCUT2D eigenvalue weighted by Crippen LogP contribution is 2.36. The Morgan fingerprint density at radius 3 is 2.41 bits per heavy atom. The van der Waals surface area contributed by atoms with E-state index in [2.05, 4.69) is 4.98 Å². The van der Waals surface area contributed by atoms with E-state index in [1.807, 2.05) is 0 Å². The van der Waals surface area contributed by atoms with Crippen LogP contribution in [-0.2, 0) is 6.18 Å². The molecule has 0 saturated carbocycles. The Morgan fingerprint density at radius 1 is 1.18 bits per heavy atom. The largest absolute Gasteiger partial charge is 0.433 e. The molecule has 1 aliphatic heterocycles. The first-order chi connectivity index (χ1) is 10.1. The summed E-state index contributed by atoms with van der Waals surface area (Å²) in [6, 6.07) is 3.25. The third-order valence-corrected chi connectivity index (χ3v) is 3.47. The smallest absolute Gasteiger partial charge is 0.355 e. The molecule has 1 aliphatic rings. The summed E-state index contributed by atoms with van der Waals surface area (Å²) in [7, 11) is 0. The lowest BCUT2D eigenvalue weighted by Gasteiger charge is -2.35. The maximum absolute atomic E-state index is 12.8. The second-order valence-corrected chi connectivity index (χ2v) is 5.00. The van der Waals surface area contributed by atoms with Gasteiger partial charge >= 0.3 is 12.4 Å².